The van der Waals surface area contributed by atoms with Crippen molar-refractivity contribution in [2.24, 2.45) is 0 Å². The molecule has 0 radical (unpaired) electrons. The first kappa shape index (κ1) is 18.3. The number of rotatable bonds is 5. The van der Waals surface area contributed by atoms with Crippen LogP contribution in [0, 0.1) is 11.6 Å². The van der Waals surface area contributed by atoms with Crippen LogP contribution in [0.1, 0.15) is 24.2 Å². The quantitative estimate of drug-likeness (QED) is 0.846. The molecule has 2 rings (SSSR count). The molecule has 1 N–H and O–H groups in total. The van der Waals surface area contributed by atoms with E-state index in [1.165, 1.54) is 44.2 Å². The lowest BCUT2D eigenvalue weighted by atomic mass is 10.1. The highest BCUT2D eigenvalue weighted by Gasteiger charge is 2.18. The largest absolute Gasteiger partial charge is 0.320 e. The van der Waals surface area contributed by atoms with E-state index in [0.717, 1.165) is 17.0 Å². The number of Topliss-reactive ketones (excluding diaryl/α,β-unsaturated/α-hetero) is 1. The van der Waals surface area contributed by atoms with Crippen LogP contribution in [0.4, 0.5) is 20.2 Å². The Hall–Kier alpha value is -3.09. The van der Waals surface area contributed by atoms with Crippen LogP contribution >= 0.6 is 0 Å². The second-order valence-corrected chi connectivity index (χ2v) is 5.35. The topological polar surface area (TPSA) is 66.5 Å². The molecule has 0 spiro atoms. The minimum Gasteiger partial charge on any atom is -0.320 e. The number of para-hydroxylation sites is 1. The van der Waals surface area contributed by atoms with Crippen LogP contribution in [0.5, 0.6) is 0 Å². The number of ketones is 1. The van der Waals surface area contributed by atoms with Gasteiger partial charge in [-0.15, -0.1) is 0 Å². The van der Waals surface area contributed by atoms with Crippen molar-refractivity contribution in [2.75, 3.05) is 16.8 Å². The van der Waals surface area contributed by atoms with Crippen molar-refractivity contribution in [1.29, 1.82) is 0 Å². The van der Waals surface area contributed by atoms with Crippen molar-refractivity contribution in [1.82, 2.24) is 0 Å². The Morgan fingerprint density at radius 3 is 2.00 bits per heavy atom. The molecular formula is C18H16F2N2O3. The summed E-state index contributed by atoms with van der Waals surface area (Å²) in [6, 6.07) is 9.32. The number of nitrogens with one attached hydrogen (secondary N) is 1. The summed E-state index contributed by atoms with van der Waals surface area (Å²) in [7, 11) is 0. The number of carbonyl (C=O) groups excluding carboxylic acids is 3. The first-order valence-electron chi connectivity index (χ1n) is 7.42. The highest BCUT2D eigenvalue weighted by Crippen LogP contribution is 2.19. The number of nitrogens with zero attached hydrogens (tertiary/aromatic N) is 1. The third kappa shape index (κ3) is 4.47. The van der Waals surface area contributed by atoms with Crippen LogP contribution in [0.3, 0.4) is 0 Å². The first-order chi connectivity index (χ1) is 11.8. The molecule has 0 aromatic heterocycles. The maximum atomic E-state index is 13.6. The minimum atomic E-state index is -0.909. The van der Waals surface area contributed by atoms with Gasteiger partial charge in [-0.05, 0) is 43.3 Å². The maximum absolute atomic E-state index is 13.6. The van der Waals surface area contributed by atoms with Crippen LogP contribution < -0.4 is 10.2 Å². The molecule has 0 heterocycles. The average Bonchev–Trinajstić information content (AvgIpc) is 2.56. The summed E-state index contributed by atoms with van der Waals surface area (Å²) in [6.07, 6.45) is 0. The molecule has 0 saturated heterocycles. The summed E-state index contributed by atoms with van der Waals surface area (Å²) >= 11 is 0. The summed E-state index contributed by atoms with van der Waals surface area (Å²) < 4.78 is 27.2. The standard InChI is InChI=1S/C18H16F2N2O3/c1-11(23)13-6-8-14(9-7-13)22(12(2)24)10-17(25)21-18-15(19)4-3-5-16(18)20/h3-9H,10H2,1-2H3,(H,21,25). The second kappa shape index (κ2) is 7.65. The normalized spacial score (nSPS) is 10.2. The van der Waals surface area contributed by atoms with Gasteiger partial charge >= 0.3 is 0 Å². The lowest BCUT2D eigenvalue weighted by Gasteiger charge is -2.21. The molecule has 0 aliphatic carbocycles. The van der Waals surface area contributed by atoms with E-state index in [0.29, 0.717) is 11.3 Å². The Labute approximate surface area is 143 Å². The summed E-state index contributed by atoms with van der Waals surface area (Å²) in [5, 5.41) is 2.13. The predicted molar refractivity (Wildman–Crippen MR) is 89.5 cm³/mol. The van der Waals surface area contributed by atoms with E-state index in [1.54, 1.807) is 0 Å². The fourth-order valence-electron chi connectivity index (χ4n) is 2.20. The number of amides is 2. The number of anilines is 2. The van der Waals surface area contributed by atoms with Gasteiger partial charge in [0.2, 0.25) is 11.8 Å². The summed E-state index contributed by atoms with van der Waals surface area (Å²) in [6.45, 7) is 2.24. The summed E-state index contributed by atoms with van der Waals surface area (Å²) in [4.78, 5) is 36.3. The SMILES string of the molecule is CC(=O)c1ccc(N(CC(=O)Nc2c(F)cccc2F)C(C)=O)cc1. The van der Waals surface area contributed by atoms with Gasteiger partial charge in [-0.2, -0.15) is 0 Å². The van der Waals surface area contributed by atoms with Gasteiger partial charge < -0.3 is 10.2 Å². The zero-order chi connectivity index (χ0) is 18.6. The van der Waals surface area contributed by atoms with Gasteiger partial charge in [0, 0.05) is 18.2 Å². The molecule has 0 atom stereocenters. The molecule has 5 nitrogen and oxygen atoms in total. The molecule has 0 fully saturated rings. The number of carbonyl (C=O) groups is 3. The smallest absolute Gasteiger partial charge is 0.244 e. The number of hydrogen-bond donors (Lipinski definition) is 1. The lowest BCUT2D eigenvalue weighted by Crippen LogP contribution is -2.37. The highest BCUT2D eigenvalue weighted by molar-refractivity contribution is 6.02. The molecule has 0 aliphatic heterocycles. The van der Waals surface area contributed by atoms with E-state index < -0.39 is 35.7 Å². The molecular weight excluding hydrogens is 330 g/mol. The van der Waals surface area contributed by atoms with Gasteiger partial charge in [0.1, 0.15) is 23.9 Å². The Bertz CT molecular complexity index is 799. The average molecular weight is 346 g/mol. The molecule has 2 aromatic carbocycles. The Balaban J connectivity index is 2.17. The summed E-state index contributed by atoms with van der Waals surface area (Å²) in [5.74, 6) is -3.13. The van der Waals surface area contributed by atoms with Gasteiger partial charge in [0.05, 0.1) is 0 Å². The van der Waals surface area contributed by atoms with E-state index >= 15 is 0 Å². The highest BCUT2D eigenvalue weighted by atomic mass is 19.1. The van der Waals surface area contributed by atoms with Crippen LogP contribution in [-0.2, 0) is 9.59 Å². The minimum absolute atomic E-state index is 0.131. The van der Waals surface area contributed by atoms with E-state index in [1.807, 2.05) is 0 Å². The van der Waals surface area contributed by atoms with E-state index in [4.69, 9.17) is 0 Å². The fourth-order valence-corrected chi connectivity index (χ4v) is 2.20. The number of halogens is 2. The zero-order valence-corrected chi connectivity index (χ0v) is 13.7. The second-order valence-electron chi connectivity index (χ2n) is 5.35. The molecule has 0 saturated carbocycles. The third-order valence-corrected chi connectivity index (χ3v) is 3.49. The molecule has 0 unspecified atom stereocenters. The van der Waals surface area contributed by atoms with Gasteiger partial charge in [-0.3, -0.25) is 14.4 Å². The van der Waals surface area contributed by atoms with Crippen LogP contribution in [-0.4, -0.2) is 24.1 Å². The molecule has 2 aromatic rings. The van der Waals surface area contributed by atoms with Crippen LogP contribution in [0.25, 0.3) is 0 Å². The van der Waals surface area contributed by atoms with Crippen molar-refractivity contribution in [3.8, 4) is 0 Å². The molecule has 2 amide bonds. The zero-order valence-electron chi connectivity index (χ0n) is 13.7. The van der Waals surface area contributed by atoms with Crippen molar-refractivity contribution < 1.29 is 23.2 Å². The van der Waals surface area contributed by atoms with E-state index in [2.05, 4.69) is 5.32 Å². The summed E-state index contributed by atoms with van der Waals surface area (Å²) in [5.41, 5.74) is 0.287. The van der Waals surface area contributed by atoms with Gasteiger partial charge in [0.25, 0.3) is 0 Å². The first-order valence-corrected chi connectivity index (χ1v) is 7.42. The van der Waals surface area contributed by atoms with Crippen LogP contribution in [0.2, 0.25) is 0 Å². The van der Waals surface area contributed by atoms with E-state index in [-0.39, 0.29) is 5.78 Å². The molecule has 0 aliphatic rings. The Morgan fingerprint density at radius 2 is 1.52 bits per heavy atom. The maximum Gasteiger partial charge on any atom is 0.244 e. The molecule has 7 heteroatoms. The van der Waals surface area contributed by atoms with Crippen molar-refractivity contribution in [2.45, 2.75) is 13.8 Å². The fraction of sp³-hybridized carbons (Fsp3) is 0.167. The van der Waals surface area contributed by atoms with Crippen molar-refractivity contribution >= 4 is 29.0 Å². The number of hydrogen-bond acceptors (Lipinski definition) is 3. The van der Waals surface area contributed by atoms with E-state index in [9.17, 15) is 23.2 Å². The van der Waals surface area contributed by atoms with Gasteiger partial charge in [-0.25, -0.2) is 8.78 Å². The monoisotopic (exact) mass is 346 g/mol. The van der Waals surface area contributed by atoms with Gasteiger partial charge in [-0.1, -0.05) is 6.07 Å². The van der Waals surface area contributed by atoms with Gasteiger partial charge in [0.15, 0.2) is 5.78 Å². The van der Waals surface area contributed by atoms with Crippen molar-refractivity contribution in [3.05, 3.63) is 59.7 Å². The van der Waals surface area contributed by atoms with Crippen molar-refractivity contribution in [3.63, 3.8) is 0 Å². The lowest BCUT2D eigenvalue weighted by molar-refractivity contribution is -0.120. The van der Waals surface area contributed by atoms with Crippen LogP contribution in [0.15, 0.2) is 42.5 Å². The Morgan fingerprint density at radius 1 is 0.960 bits per heavy atom. The Kier molecular flexibility index (Phi) is 5.59. The number of benzene rings is 2. The third-order valence-electron chi connectivity index (χ3n) is 3.49. The molecule has 25 heavy (non-hydrogen) atoms. The molecule has 0 bridgehead atoms. The molecule has 130 valence electrons. The predicted octanol–water partition coefficient (Wildman–Crippen LogP) is 3.16.